The summed E-state index contributed by atoms with van der Waals surface area (Å²) in [6.07, 6.45) is 4.46. The Morgan fingerprint density at radius 3 is 2.96 bits per heavy atom. The lowest BCUT2D eigenvalue weighted by Crippen LogP contribution is -2.23. The molecule has 0 radical (unpaired) electrons. The maximum absolute atomic E-state index is 12.4. The topological polar surface area (TPSA) is 81.9 Å². The molecule has 1 aromatic carbocycles. The smallest absolute Gasteiger partial charge is 0.251 e. The number of halogens is 1. The number of benzene rings is 1. The molecule has 24 heavy (non-hydrogen) atoms. The quantitative estimate of drug-likeness (QED) is 0.768. The highest BCUT2D eigenvalue weighted by Gasteiger charge is 2.10. The van der Waals surface area contributed by atoms with Gasteiger partial charge in [-0.25, -0.2) is 14.6 Å². The number of nitrogens with zero attached hydrogens (tertiary/aromatic N) is 4. The van der Waals surface area contributed by atoms with Crippen LogP contribution in [0.5, 0.6) is 5.75 Å². The van der Waals surface area contributed by atoms with E-state index in [4.69, 9.17) is 16.3 Å². The Morgan fingerprint density at radius 1 is 1.33 bits per heavy atom. The Kier molecular flexibility index (Phi) is 4.72. The van der Waals surface area contributed by atoms with Gasteiger partial charge in [-0.2, -0.15) is 5.10 Å². The second kappa shape index (κ2) is 7.10. The number of hydrogen-bond donors (Lipinski definition) is 1. The molecule has 122 valence electrons. The number of rotatable bonds is 5. The fourth-order valence-electron chi connectivity index (χ4n) is 2.17. The van der Waals surface area contributed by atoms with Crippen LogP contribution in [0, 0.1) is 0 Å². The van der Waals surface area contributed by atoms with Gasteiger partial charge >= 0.3 is 0 Å². The Labute approximate surface area is 143 Å². The second-order valence-electron chi connectivity index (χ2n) is 4.88. The summed E-state index contributed by atoms with van der Waals surface area (Å²) < 4.78 is 6.75. The van der Waals surface area contributed by atoms with E-state index < -0.39 is 0 Å². The molecule has 0 aliphatic carbocycles. The molecule has 2 heterocycles. The number of ether oxygens (including phenoxy) is 1. The largest absolute Gasteiger partial charge is 0.496 e. The predicted molar refractivity (Wildman–Crippen MR) is 88.3 cm³/mol. The van der Waals surface area contributed by atoms with Gasteiger partial charge in [-0.05, 0) is 30.3 Å². The van der Waals surface area contributed by atoms with Crippen LogP contribution in [0.4, 0.5) is 0 Å². The first kappa shape index (κ1) is 15.9. The van der Waals surface area contributed by atoms with Crippen molar-refractivity contribution in [3.05, 3.63) is 65.3 Å². The number of carbonyl (C=O) groups excluding carboxylic acids is 1. The molecule has 2 aromatic heterocycles. The van der Waals surface area contributed by atoms with Crippen molar-refractivity contribution < 1.29 is 9.53 Å². The second-order valence-corrected chi connectivity index (χ2v) is 5.32. The molecule has 7 nitrogen and oxygen atoms in total. The number of amides is 1. The average molecular weight is 344 g/mol. The summed E-state index contributed by atoms with van der Waals surface area (Å²) >= 11 is 5.99. The average Bonchev–Trinajstić information content (AvgIpc) is 3.14. The number of pyridine rings is 1. The number of hydrogen-bond acceptors (Lipinski definition) is 5. The summed E-state index contributed by atoms with van der Waals surface area (Å²) in [4.78, 5) is 20.4. The van der Waals surface area contributed by atoms with Gasteiger partial charge in [0.15, 0.2) is 5.82 Å². The summed E-state index contributed by atoms with van der Waals surface area (Å²) in [5.74, 6) is 0.944. The lowest BCUT2D eigenvalue weighted by molar-refractivity contribution is 0.0950. The van der Waals surface area contributed by atoms with Gasteiger partial charge in [-0.3, -0.25) is 4.79 Å². The number of nitrogens with one attached hydrogen (secondary N) is 1. The third kappa shape index (κ3) is 3.52. The fraction of sp³-hybridized carbons (Fsp3) is 0.125. The molecule has 0 aliphatic rings. The minimum absolute atomic E-state index is 0.235. The Balaban J connectivity index is 1.74. The van der Waals surface area contributed by atoms with Crippen molar-refractivity contribution in [2.45, 2.75) is 6.54 Å². The zero-order valence-electron chi connectivity index (χ0n) is 12.8. The molecule has 0 fully saturated rings. The first-order valence-electron chi connectivity index (χ1n) is 7.09. The lowest BCUT2D eigenvalue weighted by Gasteiger charge is -2.10. The Hall–Kier alpha value is -2.93. The summed E-state index contributed by atoms with van der Waals surface area (Å²) in [5.41, 5.74) is 1.26. The van der Waals surface area contributed by atoms with E-state index in [1.54, 1.807) is 43.6 Å². The van der Waals surface area contributed by atoms with E-state index in [-0.39, 0.29) is 5.91 Å². The van der Waals surface area contributed by atoms with Crippen molar-refractivity contribution in [1.29, 1.82) is 0 Å². The monoisotopic (exact) mass is 343 g/mol. The molecule has 0 saturated carbocycles. The molecular weight excluding hydrogens is 330 g/mol. The van der Waals surface area contributed by atoms with Crippen LogP contribution >= 0.6 is 11.6 Å². The molecule has 0 unspecified atom stereocenters. The van der Waals surface area contributed by atoms with E-state index in [1.807, 2.05) is 0 Å². The van der Waals surface area contributed by atoms with E-state index in [1.165, 1.54) is 17.3 Å². The van der Waals surface area contributed by atoms with Gasteiger partial charge in [0.1, 0.15) is 18.4 Å². The van der Waals surface area contributed by atoms with Gasteiger partial charge in [0.05, 0.1) is 7.11 Å². The summed E-state index contributed by atoms with van der Waals surface area (Å²) in [6, 6.07) is 8.52. The van der Waals surface area contributed by atoms with Gasteiger partial charge in [-0.1, -0.05) is 11.6 Å². The van der Waals surface area contributed by atoms with E-state index in [9.17, 15) is 4.79 Å². The van der Waals surface area contributed by atoms with Crippen molar-refractivity contribution in [2.75, 3.05) is 7.11 Å². The minimum Gasteiger partial charge on any atom is -0.496 e. The SMILES string of the molecule is COc1ccc(Cl)cc1CNC(=O)c1ccnc(-n2cncn2)c1. The van der Waals surface area contributed by atoms with Gasteiger partial charge in [0, 0.05) is 28.9 Å². The molecule has 3 aromatic rings. The van der Waals surface area contributed by atoms with E-state index in [0.29, 0.717) is 28.7 Å². The molecule has 3 rings (SSSR count). The molecule has 0 atom stereocenters. The number of methoxy groups -OCH3 is 1. The third-order valence-electron chi connectivity index (χ3n) is 3.34. The maximum Gasteiger partial charge on any atom is 0.251 e. The number of aromatic nitrogens is 4. The van der Waals surface area contributed by atoms with Crippen LogP contribution in [0.2, 0.25) is 5.02 Å². The van der Waals surface area contributed by atoms with Crippen LogP contribution < -0.4 is 10.1 Å². The number of carbonyl (C=O) groups is 1. The van der Waals surface area contributed by atoms with E-state index in [2.05, 4.69) is 20.4 Å². The van der Waals surface area contributed by atoms with Crippen LogP contribution in [-0.4, -0.2) is 32.8 Å². The maximum atomic E-state index is 12.4. The minimum atomic E-state index is -0.235. The van der Waals surface area contributed by atoms with E-state index in [0.717, 1.165) is 5.56 Å². The summed E-state index contributed by atoms with van der Waals surface area (Å²) in [5, 5.41) is 7.41. The van der Waals surface area contributed by atoms with Crippen LogP contribution in [0.3, 0.4) is 0 Å². The molecule has 1 amide bonds. The van der Waals surface area contributed by atoms with Crippen molar-refractivity contribution in [3.63, 3.8) is 0 Å². The van der Waals surface area contributed by atoms with Gasteiger partial charge in [0.25, 0.3) is 5.91 Å². The van der Waals surface area contributed by atoms with Crippen LogP contribution in [0.1, 0.15) is 15.9 Å². The highest BCUT2D eigenvalue weighted by Crippen LogP contribution is 2.22. The van der Waals surface area contributed by atoms with Crippen molar-refractivity contribution >= 4 is 17.5 Å². The first-order valence-corrected chi connectivity index (χ1v) is 7.47. The Morgan fingerprint density at radius 2 is 2.21 bits per heavy atom. The highest BCUT2D eigenvalue weighted by atomic mass is 35.5. The first-order chi connectivity index (χ1) is 11.7. The van der Waals surface area contributed by atoms with Gasteiger partial charge < -0.3 is 10.1 Å². The van der Waals surface area contributed by atoms with Gasteiger partial charge in [-0.15, -0.1) is 0 Å². The molecular formula is C16H14ClN5O2. The zero-order chi connectivity index (χ0) is 16.9. The van der Waals surface area contributed by atoms with E-state index >= 15 is 0 Å². The summed E-state index contributed by atoms with van der Waals surface area (Å²) in [7, 11) is 1.57. The molecule has 1 N–H and O–H groups in total. The molecule has 8 heteroatoms. The van der Waals surface area contributed by atoms with Crippen LogP contribution in [0.25, 0.3) is 5.82 Å². The normalized spacial score (nSPS) is 10.4. The van der Waals surface area contributed by atoms with Gasteiger partial charge in [0.2, 0.25) is 0 Å². The fourth-order valence-corrected chi connectivity index (χ4v) is 2.37. The molecule has 0 bridgehead atoms. The molecule has 0 aliphatic heterocycles. The zero-order valence-corrected chi connectivity index (χ0v) is 13.6. The predicted octanol–water partition coefficient (Wildman–Crippen LogP) is 2.25. The lowest BCUT2D eigenvalue weighted by atomic mass is 10.2. The standard InChI is InChI=1S/C16H14ClN5O2/c1-24-14-3-2-13(17)6-12(14)8-20-16(23)11-4-5-19-15(7-11)22-10-18-9-21-22/h2-7,9-10H,8H2,1H3,(H,20,23). The highest BCUT2D eigenvalue weighted by molar-refractivity contribution is 6.30. The third-order valence-corrected chi connectivity index (χ3v) is 3.58. The van der Waals surface area contributed by atoms with Crippen molar-refractivity contribution in [1.82, 2.24) is 25.1 Å². The van der Waals surface area contributed by atoms with Crippen molar-refractivity contribution in [3.8, 4) is 11.6 Å². The Bertz CT molecular complexity index is 851. The van der Waals surface area contributed by atoms with Crippen LogP contribution in [0.15, 0.2) is 49.2 Å². The summed E-state index contributed by atoms with van der Waals surface area (Å²) in [6.45, 7) is 0.295. The molecule has 0 spiro atoms. The van der Waals surface area contributed by atoms with Crippen molar-refractivity contribution in [2.24, 2.45) is 0 Å². The molecule has 0 saturated heterocycles. The van der Waals surface area contributed by atoms with Crippen LogP contribution in [-0.2, 0) is 6.54 Å².